The maximum atomic E-state index is 11.4. The fraction of sp³-hybridized carbons (Fsp3) is 0.364. The molecule has 0 atom stereocenters. The van der Waals surface area contributed by atoms with E-state index in [0.29, 0.717) is 6.42 Å². The predicted molar refractivity (Wildman–Crippen MR) is 60.8 cm³/mol. The van der Waals surface area contributed by atoms with E-state index in [1.54, 1.807) is 17.4 Å². The Labute approximate surface area is 92.4 Å². The van der Waals surface area contributed by atoms with Crippen molar-refractivity contribution < 1.29 is 4.79 Å². The first kappa shape index (κ1) is 9.94. The zero-order chi connectivity index (χ0) is 9.97. The minimum atomic E-state index is 0.238. The van der Waals surface area contributed by atoms with Gasteiger partial charge in [0.2, 0.25) is 0 Å². The Morgan fingerprint density at radius 2 is 2.07 bits per heavy atom. The van der Waals surface area contributed by atoms with Crippen LogP contribution in [0.4, 0.5) is 0 Å². The van der Waals surface area contributed by atoms with Crippen molar-refractivity contribution in [1.82, 2.24) is 0 Å². The molecule has 14 heavy (non-hydrogen) atoms. The van der Waals surface area contributed by atoms with Crippen LogP contribution in [0.1, 0.15) is 30.6 Å². The van der Waals surface area contributed by atoms with Gasteiger partial charge in [0.15, 0.2) is 5.78 Å². The van der Waals surface area contributed by atoms with Crippen molar-refractivity contribution in [1.29, 1.82) is 0 Å². The highest BCUT2D eigenvalue weighted by Crippen LogP contribution is 2.33. The van der Waals surface area contributed by atoms with Gasteiger partial charge in [-0.2, -0.15) is 0 Å². The molecule has 0 N–H and O–H groups in total. The number of hydrogen-bond donors (Lipinski definition) is 0. The van der Waals surface area contributed by atoms with Gasteiger partial charge < -0.3 is 0 Å². The number of halogens is 1. The Balaban J connectivity index is 2.33. The van der Waals surface area contributed by atoms with Gasteiger partial charge in [0.05, 0.1) is 5.02 Å². The van der Waals surface area contributed by atoms with E-state index in [2.05, 4.69) is 0 Å². The molecule has 0 aliphatic heterocycles. The third kappa shape index (κ3) is 2.07. The molecule has 1 heterocycles. The molecule has 0 spiro atoms. The van der Waals surface area contributed by atoms with E-state index in [9.17, 15) is 4.79 Å². The summed E-state index contributed by atoms with van der Waals surface area (Å²) in [7, 11) is 0. The van der Waals surface area contributed by atoms with Gasteiger partial charge in [-0.25, -0.2) is 0 Å². The number of carbonyl (C=O) groups excluding carboxylic acids is 1. The number of hydrogen-bond acceptors (Lipinski definition) is 2. The zero-order valence-corrected chi connectivity index (χ0v) is 9.33. The van der Waals surface area contributed by atoms with Crippen LogP contribution in [0.2, 0.25) is 5.02 Å². The second-order valence-corrected chi connectivity index (χ2v) is 4.76. The molecule has 0 fully saturated rings. The van der Waals surface area contributed by atoms with E-state index in [1.807, 2.05) is 11.4 Å². The van der Waals surface area contributed by atoms with E-state index in [0.717, 1.165) is 34.7 Å². The Kier molecular flexibility index (Phi) is 3.04. The van der Waals surface area contributed by atoms with E-state index in [4.69, 9.17) is 11.6 Å². The second-order valence-electron chi connectivity index (χ2n) is 3.44. The highest BCUT2D eigenvalue weighted by atomic mass is 35.5. The van der Waals surface area contributed by atoms with Crippen LogP contribution in [0.25, 0.3) is 5.57 Å². The third-order valence-corrected chi connectivity index (χ3v) is 3.78. The van der Waals surface area contributed by atoms with E-state index < -0.39 is 0 Å². The molecule has 1 aliphatic carbocycles. The lowest BCUT2D eigenvalue weighted by atomic mass is 10.1. The normalized spacial score (nSPS) is 17.8. The Morgan fingerprint density at radius 3 is 2.79 bits per heavy atom. The van der Waals surface area contributed by atoms with Crippen LogP contribution in [0.3, 0.4) is 0 Å². The molecule has 0 saturated heterocycles. The van der Waals surface area contributed by atoms with E-state index >= 15 is 0 Å². The summed E-state index contributed by atoms with van der Waals surface area (Å²) in [5, 5.41) is 2.74. The van der Waals surface area contributed by atoms with Gasteiger partial charge in [-0.3, -0.25) is 4.79 Å². The maximum absolute atomic E-state index is 11.4. The first-order valence-corrected chi connectivity index (χ1v) is 6.00. The summed E-state index contributed by atoms with van der Waals surface area (Å²) in [4.78, 5) is 12.5. The summed E-state index contributed by atoms with van der Waals surface area (Å²) in [6.07, 6.45) is 5.52. The van der Waals surface area contributed by atoms with Crippen LogP contribution in [0, 0.1) is 0 Å². The number of ketones is 1. The number of carbonyl (C=O) groups is 1. The number of allylic oxidation sites excluding steroid dienone is 2. The highest BCUT2D eigenvalue weighted by molar-refractivity contribution is 7.11. The molecule has 3 heteroatoms. The largest absolute Gasteiger partial charge is 0.295 e. The molecule has 1 aromatic rings. The molecule has 0 amide bonds. The van der Waals surface area contributed by atoms with Crippen molar-refractivity contribution in [3.8, 4) is 0 Å². The van der Waals surface area contributed by atoms with Crippen LogP contribution in [0.5, 0.6) is 0 Å². The van der Waals surface area contributed by atoms with Gasteiger partial charge in [-0.1, -0.05) is 11.6 Å². The van der Waals surface area contributed by atoms with E-state index in [-0.39, 0.29) is 5.78 Å². The standard InChI is InChI=1S/C11H11ClOS/c12-10-5-6-14-11(10)8-3-1-2-4-9(13)7-8/h5-7H,1-4H2. The summed E-state index contributed by atoms with van der Waals surface area (Å²) >= 11 is 7.65. The highest BCUT2D eigenvalue weighted by Gasteiger charge is 2.13. The average Bonchev–Trinajstić information content (AvgIpc) is 2.45. The number of thiophene rings is 1. The maximum Gasteiger partial charge on any atom is 0.156 e. The fourth-order valence-electron chi connectivity index (χ4n) is 1.66. The van der Waals surface area contributed by atoms with Crippen molar-refractivity contribution in [2.75, 3.05) is 0 Å². The summed E-state index contributed by atoms with van der Waals surface area (Å²) in [5.74, 6) is 0.238. The second kappa shape index (κ2) is 4.28. The average molecular weight is 227 g/mol. The molecule has 1 aliphatic rings. The molecule has 74 valence electrons. The first-order valence-electron chi connectivity index (χ1n) is 4.74. The quantitative estimate of drug-likeness (QED) is 0.709. The topological polar surface area (TPSA) is 17.1 Å². The molecule has 2 rings (SSSR count). The molecule has 0 unspecified atom stereocenters. The van der Waals surface area contributed by atoms with Crippen molar-refractivity contribution in [2.45, 2.75) is 25.7 Å². The zero-order valence-electron chi connectivity index (χ0n) is 7.75. The van der Waals surface area contributed by atoms with Crippen LogP contribution < -0.4 is 0 Å². The van der Waals surface area contributed by atoms with Gasteiger partial charge in [-0.15, -0.1) is 11.3 Å². The Morgan fingerprint density at radius 1 is 1.29 bits per heavy atom. The van der Waals surface area contributed by atoms with Gasteiger partial charge in [0.1, 0.15) is 0 Å². The Hall–Kier alpha value is -0.600. The summed E-state index contributed by atoms with van der Waals surface area (Å²) < 4.78 is 0. The van der Waals surface area contributed by atoms with Crippen molar-refractivity contribution >= 4 is 34.3 Å². The van der Waals surface area contributed by atoms with Crippen molar-refractivity contribution in [3.63, 3.8) is 0 Å². The molecule has 0 aromatic carbocycles. The van der Waals surface area contributed by atoms with Crippen molar-refractivity contribution in [3.05, 3.63) is 27.4 Å². The minimum Gasteiger partial charge on any atom is -0.295 e. The first-order chi connectivity index (χ1) is 6.77. The lowest BCUT2D eigenvalue weighted by molar-refractivity contribution is -0.114. The predicted octanol–water partition coefficient (Wildman–Crippen LogP) is 3.93. The van der Waals surface area contributed by atoms with Gasteiger partial charge in [0, 0.05) is 11.3 Å². The molecule has 1 aromatic heterocycles. The third-order valence-electron chi connectivity index (χ3n) is 2.36. The molecule has 1 nitrogen and oxygen atoms in total. The fourth-order valence-corrected chi connectivity index (χ4v) is 2.88. The Bertz CT molecular complexity index is 378. The number of rotatable bonds is 1. The van der Waals surface area contributed by atoms with Crippen molar-refractivity contribution in [2.24, 2.45) is 0 Å². The molecule has 0 saturated carbocycles. The monoisotopic (exact) mass is 226 g/mol. The van der Waals surface area contributed by atoms with Crippen LogP contribution >= 0.6 is 22.9 Å². The summed E-state index contributed by atoms with van der Waals surface area (Å²) in [5.41, 5.74) is 1.12. The van der Waals surface area contributed by atoms with Gasteiger partial charge >= 0.3 is 0 Å². The van der Waals surface area contributed by atoms with Crippen LogP contribution in [-0.2, 0) is 4.79 Å². The van der Waals surface area contributed by atoms with E-state index in [1.165, 1.54) is 0 Å². The van der Waals surface area contributed by atoms with Gasteiger partial charge in [-0.05, 0) is 42.4 Å². The summed E-state index contributed by atoms with van der Waals surface area (Å²) in [6, 6.07) is 1.89. The lowest BCUT2D eigenvalue weighted by Gasteiger charge is -2.01. The van der Waals surface area contributed by atoms with Gasteiger partial charge in [0.25, 0.3) is 0 Å². The molecular formula is C11H11ClOS. The SMILES string of the molecule is O=C1C=C(c2sccc2Cl)CCCC1. The smallest absolute Gasteiger partial charge is 0.156 e. The molecule has 0 radical (unpaired) electrons. The molecule has 0 bridgehead atoms. The summed E-state index contributed by atoms with van der Waals surface area (Å²) in [6.45, 7) is 0. The van der Waals surface area contributed by atoms with Crippen LogP contribution in [0.15, 0.2) is 17.5 Å². The minimum absolute atomic E-state index is 0.238. The van der Waals surface area contributed by atoms with Crippen LogP contribution in [-0.4, -0.2) is 5.78 Å². The molecular weight excluding hydrogens is 216 g/mol. The lowest BCUT2D eigenvalue weighted by Crippen LogP contribution is -1.89.